The predicted octanol–water partition coefficient (Wildman–Crippen LogP) is 1.98. The fourth-order valence-corrected chi connectivity index (χ4v) is 3.24. The smallest absolute Gasteiger partial charge is 0.332 e. The van der Waals surface area contributed by atoms with E-state index < -0.39 is 18.2 Å². The summed E-state index contributed by atoms with van der Waals surface area (Å²) in [5, 5.41) is 8.96. The fraction of sp³-hybridized carbons (Fsp3) is 0.500. The molecule has 1 N–H and O–H groups in total. The molecule has 0 aliphatic carbocycles. The molecule has 2 heterocycles. The lowest BCUT2D eigenvalue weighted by Gasteiger charge is -2.27. The first-order valence-electron chi connectivity index (χ1n) is 7.40. The monoisotopic (exact) mass is 289 g/mol. The SMILES string of the molecule is O=C(O)[C@H]1CC[C@@H](C(=O)N2CCCC2c2ccccc2)O1. The second-order valence-electron chi connectivity index (χ2n) is 5.63. The second-order valence-corrected chi connectivity index (χ2v) is 5.63. The van der Waals surface area contributed by atoms with Crippen LogP contribution < -0.4 is 0 Å². The van der Waals surface area contributed by atoms with Crippen LogP contribution in [0.1, 0.15) is 37.3 Å². The van der Waals surface area contributed by atoms with Gasteiger partial charge in [0.05, 0.1) is 6.04 Å². The Morgan fingerprint density at radius 2 is 1.81 bits per heavy atom. The lowest BCUT2D eigenvalue weighted by Crippen LogP contribution is -2.39. The minimum atomic E-state index is -0.980. The van der Waals surface area contributed by atoms with Crippen LogP contribution in [-0.4, -0.2) is 40.6 Å². The second kappa shape index (κ2) is 5.85. The number of likely N-dealkylation sites (tertiary alicyclic amines) is 1. The fourth-order valence-electron chi connectivity index (χ4n) is 3.24. The van der Waals surface area contributed by atoms with Gasteiger partial charge in [0.15, 0.2) is 6.10 Å². The average Bonchev–Trinajstić information content (AvgIpc) is 3.17. The van der Waals surface area contributed by atoms with Gasteiger partial charge in [0, 0.05) is 6.54 Å². The molecule has 112 valence electrons. The van der Waals surface area contributed by atoms with E-state index in [4.69, 9.17) is 9.84 Å². The lowest BCUT2D eigenvalue weighted by atomic mass is 10.0. The van der Waals surface area contributed by atoms with Gasteiger partial charge in [-0.25, -0.2) is 4.79 Å². The summed E-state index contributed by atoms with van der Waals surface area (Å²) >= 11 is 0. The summed E-state index contributed by atoms with van der Waals surface area (Å²) in [6, 6.07) is 10.1. The van der Waals surface area contributed by atoms with E-state index in [9.17, 15) is 9.59 Å². The summed E-state index contributed by atoms with van der Waals surface area (Å²) < 4.78 is 5.39. The van der Waals surface area contributed by atoms with Crippen molar-refractivity contribution in [2.45, 2.75) is 43.9 Å². The summed E-state index contributed by atoms with van der Waals surface area (Å²) in [6.45, 7) is 0.718. The van der Waals surface area contributed by atoms with Gasteiger partial charge in [-0.05, 0) is 31.2 Å². The number of nitrogens with zero attached hydrogens (tertiary/aromatic N) is 1. The van der Waals surface area contributed by atoms with Crippen molar-refractivity contribution in [1.29, 1.82) is 0 Å². The molecule has 2 aliphatic rings. The van der Waals surface area contributed by atoms with Crippen molar-refractivity contribution in [2.24, 2.45) is 0 Å². The standard InChI is InChI=1S/C16H19NO4/c18-15(13-8-9-14(21-13)16(19)20)17-10-4-7-12(17)11-5-2-1-3-6-11/h1-3,5-6,12-14H,4,7-10H2,(H,19,20)/t12?,13-,14+/m0/s1. The summed E-state index contributed by atoms with van der Waals surface area (Å²) in [7, 11) is 0. The highest BCUT2D eigenvalue weighted by atomic mass is 16.5. The van der Waals surface area contributed by atoms with Gasteiger partial charge in [-0.15, -0.1) is 0 Å². The van der Waals surface area contributed by atoms with E-state index in [2.05, 4.69) is 0 Å². The highest BCUT2D eigenvalue weighted by molar-refractivity contribution is 5.83. The van der Waals surface area contributed by atoms with Crippen LogP contribution in [0.5, 0.6) is 0 Å². The highest BCUT2D eigenvalue weighted by Crippen LogP contribution is 2.34. The Morgan fingerprint density at radius 1 is 1.10 bits per heavy atom. The van der Waals surface area contributed by atoms with E-state index in [1.807, 2.05) is 35.2 Å². The molecule has 0 aromatic heterocycles. The van der Waals surface area contributed by atoms with Gasteiger partial charge in [-0.2, -0.15) is 0 Å². The van der Waals surface area contributed by atoms with Crippen LogP contribution in [0.2, 0.25) is 0 Å². The van der Waals surface area contributed by atoms with Crippen LogP contribution in [0.25, 0.3) is 0 Å². The number of carbonyl (C=O) groups is 2. The molecule has 3 atom stereocenters. The molecule has 2 fully saturated rings. The number of benzene rings is 1. The summed E-state index contributed by atoms with van der Waals surface area (Å²) in [5.74, 6) is -1.04. The van der Waals surface area contributed by atoms with E-state index in [0.717, 1.165) is 24.9 Å². The molecular formula is C16H19NO4. The highest BCUT2D eigenvalue weighted by Gasteiger charge is 2.40. The topological polar surface area (TPSA) is 66.8 Å². The van der Waals surface area contributed by atoms with Gasteiger partial charge in [-0.1, -0.05) is 30.3 Å². The number of aliphatic carboxylic acids is 1. The van der Waals surface area contributed by atoms with Crippen LogP contribution in [0.15, 0.2) is 30.3 Å². The number of amides is 1. The van der Waals surface area contributed by atoms with Crippen molar-refractivity contribution in [3.8, 4) is 0 Å². The maximum atomic E-state index is 12.6. The number of carbonyl (C=O) groups excluding carboxylic acids is 1. The first-order chi connectivity index (χ1) is 10.2. The third kappa shape index (κ3) is 2.78. The van der Waals surface area contributed by atoms with E-state index in [-0.39, 0.29) is 11.9 Å². The molecule has 1 aromatic carbocycles. The Hall–Kier alpha value is -1.88. The Balaban J connectivity index is 1.71. The maximum Gasteiger partial charge on any atom is 0.332 e. The van der Waals surface area contributed by atoms with Crippen LogP contribution >= 0.6 is 0 Å². The van der Waals surface area contributed by atoms with Crippen molar-refractivity contribution in [1.82, 2.24) is 4.90 Å². The molecule has 5 heteroatoms. The van der Waals surface area contributed by atoms with Crippen LogP contribution in [0.4, 0.5) is 0 Å². The molecule has 1 amide bonds. The molecule has 21 heavy (non-hydrogen) atoms. The molecular weight excluding hydrogens is 270 g/mol. The zero-order valence-corrected chi connectivity index (χ0v) is 11.8. The molecule has 3 rings (SSSR count). The van der Waals surface area contributed by atoms with Gasteiger partial charge < -0.3 is 14.7 Å². The molecule has 2 aliphatic heterocycles. The number of ether oxygens (including phenoxy) is 1. The zero-order chi connectivity index (χ0) is 14.8. The van der Waals surface area contributed by atoms with Crippen molar-refractivity contribution < 1.29 is 19.4 Å². The van der Waals surface area contributed by atoms with Gasteiger partial charge in [0.2, 0.25) is 0 Å². The summed E-state index contributed by atoms with van der Waals surface area (Å²) in [6.07, 6.45) is 1.39. The van der Waals surface area contributed by atoms with Crippen molar-refractivity contribution in [3.05, 3.63) is 35.9 Å². The van der Waals surface area contributed by atoms with Crippen molar-refractivity contribution in [2.75, 3.05) is 6.54 Å². The molecule has 0 bridgehead atoms. The number of carboxylic acid groups (broad SMARTS) is 1. The quantitative estimate of drug-likeness (QED) is 0.924. The first-order valence-corrected chi connectivity index (χ1v) is 7.40. The van der Waals surface area contributed by atoms with E-state index in [1.165, 1.54) is 0 Å². The van der Waals surface area contributed by atoms with E-state index in [1.54, 1.807) is 0 Å². The predicted molar refractivity (Wildman–Crippen MR) is 75.7 cm³/mol. The normalized spacial score (nSPS) is 28.8. The molecule has 1 aromatic rings. The minimum absolute atomic E-state index is 0.0647. The van der Waals surface area contributed by atoms with Gasteiger partial charge >= 0.3 is 5.97 Å². The maximum absolute atomic E-state index is 12.6. The van der Waals surface area contributed by atoms with Gasteiger partial charge in [0.1, 0.15) is 6.10 Å². The van der Waals surface area contributed by atoms with E-state index in [0.29, 0.717) is 12.8 Å². The summed E-state index contributed by atoms with van der Waals surface area (Å²) in [5.41, 5.74) is 1.14. The molecule has 0 radical (unpaired) electrons. The summed E-state index contributed by atoms with van der Waals surface area (Å²) in [4.78, 5) is 25.4. The molecule has 0 saturated carbocycles. The largest absolute Gasteiger partial charge is 0.479 e. The van der Waals surface area contributed by atoms with Crippen LogP contribution in [0, 0.1) is 0 Å². The molecule has 0 spiro atoms. The molecule has 2 saturated heterocycles. The molecule has 1 unspecified atom stereocenters. The van der Waals surface area contributed by atoms with Crippen molar-refractivity contribution >= 4 is 11.9 Å². The van der Waals surface area contributed by atoms with Gasteiger partial charge in [-0.3, -0.25) is 4.79 Å². The van der Waals surface area contributed by atoms with Crippen LogP contribution in [0.3, 0.4) is 0 Å². The first kappa shape index (κ1) is 14.1. The number of hydrogen-bond acceptors (Lipinski definition) is 3. The Morgan fingerprint density at radius 3 is 2.48 bits per heavy atom. The van der Waals surface area contributed by atoms with E-state index >= 15 is 0 Å². The van der Waals surface area contributed by atoms with Crippen LogP contribution in [-0.2, 0) is 14.3 Å². The van der Waals surface area contributed by atoms with Gasteiger partial charge in [0.25, 0.3) is 5.91 Å². The number of hydrogen-bond donors (Lipinski definition) is 1. The zero-order valence-electron chi connectivity index (χ0n) is 11.8. The Kier molecular flexibility index (Phi) is 3.92. The third-order valence-corrected chi connectivity index (χ3v) is 4.29. The minimum Gasteiger partial charge on any atom is -0.479 e. The Bertz CT molecular complexity index is 530. The van der Waals surface area contributed by atoms with Crippen molar-refractivity contribution in [3.63, 3.8) is 0 Å². The molecule has 5 nitrogen and oxygen atoms in total. The third-order valence-electron chi connectivity index (χ3n) is 4.29. The number of rotatable bonds is 3. The lowest BCUT2D eigenvalue weighted by molar-refractivity contribution is -0.155. The average molecular weight is 289 g/mol. The number of carboxylic acids is 1. The Labute approximate surface area is 123 Å².